The number of carboxylic acids is 1. The number of para-hydroxylation sites is 4. The van der Waals surface area contributed by atoms with Crippen molar-refractivity contribution >= 4 is 85.1 Å². The Kier molecular flexibility index (Phi) is 16.6. The molecule has 8 aromatic rings. The smallest absolute Gasteiger partial charge is 0.326 e. The molecular weight excluding hydrogens is 955 g/mol. The van der Waals surface area contributed by atoms with Gasteiger partial charge in [-0.15, -0.1) is 0 Å². The van der Waals surface area contributed by atoms with Crippen LogP contribution in [0.5, 0.6) is 0 Å². The molecule has 390 valence electrons. The van der Waals surface area contributed by atoms with Crippen LogP contribution in [0.2, 0.25) is 0 Å². The summed E-state index contributed by atoms with van der Waals surface area (Å²) in [5, 5.41) is 37.6. The van der Waals surface area contributed by atoms with Gasteiger partial charge in [-0.3, -0.25) is 29.4 Å². The van der Waals surface area contributed by atoms with E-state index in [1.165, 1.54) is 0 Å². The molecular formula is C55H63N13O7. The standard InChI is InChI=1S/C55H63N13O7/c1-30(2)48(54(74)75)68-53(73)47(25-34-29-63-43-20-10-6-15-38(34)43)67-52(72)46(24-33-28-62-42-19-9-5-14-37(33)42)66-51(71)45(23-32-27-61-41-18-8-4-13-36(32)41)65-50(70)44(22-31-26-60-40-17-7-3-12-35(31)40)64-49(69)39(56)16-11-21-59-55(57)58/h3-10,12-15,17-20,26-30,39,44-48,60-63H,11,16,21-25,56H2,1-2H3,(H,64,69)(H,65,70)(H,66,71)(H,67,72)(H,68,73)(H,74,75)(H4,57,58,59)/t39-,44-,45-,46-,47-,48-/m0/s1. The summed E-state index contributed by atoms with van der Waals surface area (Å²) in [7, 11) is 0. The minimum absolute atomic E-state index is 0.00659. The minimum Gasteiger partial charge on any atom is -0.480 e. The summed E-state index contributed by atoms with van der Waals surface area (Å²) in [5.74, 6) is -5.51. The largest absolute Gasteiger partial charge is 0.480 e. The number of fused-ring (bicyclic) bond motifs is 4. The van der Waals surface area contributed by atoms with Gasteiger partial charge < -0.3 is 68.4 Å². The molecule has 0 spiro atoms. The zero-order valence-electron chi connectivity index (χ0n) is 41.6. The number of benzene rings is 4. The molecule has 0 radical (unpaired) electrons. The van der Waals surface area contributed by atoms with Crippen molar-refractivity contribution in [2.45, 2.75) is 88.6 Å². The molecule has 0 aliphatic rings. The van der Waals surface area contributed by atoms with Gasteiger partial charge in [-0.2, -0.15) is 0 Å². The molecule has 0 aliphatic heterocycles. The third-order valence-electron chi connectivity index (χ3n) is 13.5. The Morgan fingerprint density at radius 2 is 0.813 bits per heavy atom. The lowest BCUT2D eigenvalue weighted by Crippen LogP contribution is -2.60. The molecule has 4 heterocycles. The van der Waals surface area contributed by atoms with E-state index in [1.807, 2.05) is 97.1 Å². The lowest BCUT2D eigenvalue weighted by Gasteiger charge is -2.28. The summed E-state index contributed by atoms with van der Waals surface area (Å²) >= 11 is 0. The Morgan fingerprint density at radius 1 is 0.507 bits per heavy atom. The maximum absolute atomic E-state index is 15.2. The summed E-state index contributed by atoms with van der Waals surface area (Å²) in [4.78, 5) is 98.4. The van der Waals surface area contributed by atoms with Crippen molar-refractivity contribution in [3.63, 3.8) is 0 Å². The molecule has 4 aromatic heterocycles. The summed E-state index contributed by atoms with van der Waals surface area (Å²) in [6, 6.07) is 22.3. The van der Waals surface area contributed by atoms with E-state index in [0.29, 0.717) is 35.2 Å². The number of rotatable bonds is 24. The summed E-state index contributed by atoms with van der Waals surface area (Å²) < 4.78 is 0. The maximum atomic E-state index is 15.2. The highest BCUT2D eigenvalue weighted by Gasteiger charge is 2.35. The third-order valence-corrected chi connectivity index (χ3v) is 13.5. The number of carboxylic acid groups (broad SMARTS) is 1. The number of guanidine groups is 1. The molecule has 6 atom stereocenters. The van der Waals surface area contributed by atoms with Gasteiger partial charge in [0.1, 0.15) is 30.2 Å². The molecule has 0 unspecified atom stereocenters. The normalized spacial score (nSPS) is 13.9. The number of H-pyrrole nitrogens is 4. The fourth-order valence-corrected chi connectivity index (χ4v) is 9.46. The van der Waals surface area contributed by atoms with Crippen LogP contribution in [0, 0.1) is 11.3 Å². The lowest BCUT2D eigenvalue weighted by atomic mass is 9.99. The molecule has 0 saturated heterocycles. The van der Waals surface area contributed by atoms with Crippen molar-refractivity contribution in [1.29, 1.82) is 5.41 Å². The average molecular weight is 1020 g/mol. The molecule has 8 rings (SSSR count). The molecule has 0 bridgehead atoms. The first kappa shape index (κ1) is 52.4. The van der Waals surface area contributed by atoms with Crippen LogP contribution < -0.4 is 43.4 Å². The SMILES string of the molecule is CC(C)[C@H](NC(=O)[C@H](Cc1c[nH]c2ccccc12)NC(=O)[C@H](Cc1c[nH]c2ccccc12)NC(=O)[C@H](Cc1c[nH]c2ccccc12)NC(=O)[C@H](Cc1c[nH]c2ccccc12)NC(=O)[C@@H](N)CCCNC(=N)N)C(=O)O. The lowest BCUT2D eigenvalue weighted by molar-refractivity contribution is -0.143. The molecule has 16 N–H and O–H groups in total. The van der Waals surface area contributed by atoms with E-state index >= 15 is 9.59 Å². The van der Waals surface area contributed by atoms with Crippen LogP contribution in [-0.2, 0) is 54.5 Å². The number of amides is 5. The van der Waals surface area contributed by atoms with E-state index in [0.717, 1.165) is 43.6 Å². The number of aromatic amines is 4. The van der Waals surface area contributed by atoms with E-state index in [1.54, 1.807) is 38.6 Å². The highest BCUT2D eigenvalue weighted by Crippen LogP contribution is 2.24. The molecule has 20 heteroatoms. The van der Waals surface area contributed by atoms with Crippen LogP contribution in [0.4, 0.5) is 0 Å². The van der Waals surface area contributed by atoms with Crippen LogP contribution in [0.25, 0.3) is 43.6 Å². The Hall–Kier alpha value is -8.91. The van der Waals surface area contributed by atoms with Crippen molar-refractivity contribution < 1.29 is 33.9 Å². The summed E-state index contributed by atoms with van der Waals surface area (Å²) in [5.41, 5.74) is 17.7. The average Bonchev–Trinajstić information content (AvgIpc) is 4.21. The van der Waals surface area contributed by atoms with Gasteiger partial charge in [0.15, 0.2) is 5.96 Å². The molecule has 75 heavy (non-hydrogen) atoms. The van der Waals surface area contributed by atoms with Gasteiger partial charge in [0.05, 0.1) is 6.04 Å². The van der Waals surface area contributed by atoms with Crippen molar-refractivity contribution in [1.82, 2.24) is 51.8 Å². The Balaban J connectivity index is 1.12. The number of carbonyl (C=O) groups excluding carboxylic acids is 5. The van der Waals surface area contributed by atoms with Gasteiger partial charge in [-0.1, -0.05) is 86.6 Å². The monoisotopic (exact) mass is 1020 g/mol. The van der Waals surface area contributed by atoms with E-state index in [-0.39, 0.29) is 38.1 Å². The number of hydrogen-bond donors (Lipinski definition) is 14. The van der Waals surface area contributed by atoms with Crippen LogP contribution in [0.1, 0.15) is 48.9 Å². The van der Waals surface area contributed by atoms with E-state index in [2.05, 4.69) is 51.8 Å². The second-order valence-corrected chi connectivity index (χ2v) is 19.2. The second-order valence-electron chi connectivity index (χ2n) is 19.2. The molecule has 0 saturated carbocycles. The molecule has 20 nitrogen and oxygen atoms in total. The van der Waals surface area contributed by atoms with E-state index in [9.17, 15) is 24.3 Å². The highest BCUT2D eigenvalue weighted by atomic mass is 16.4. The molecule has 0 aliphatic carbocycles. The highest BCUT2D eigenvalue weighted by molar-refractivity contribution is 5.98. The third kappa shape index (κ3) is 12.8. The van der Waals surface area contributed by atoms with Crippen molar-refractivity contribution in [3.05, 3.63) is 144 Å². The number of nitrogens with two attached hydrogens (primary N) is 2. The number of nitrogens with one attached hydrogen (secondary N) is 11. The van der Waals surface area contributed by atoms with Gasteiger partial charge in [0.2, 0.25) is 29.5 Å². The Bertz CT molecular complexity index is 3350. The van der Waals surface area contributed by atoms with E-state index in [4.69, 9.17) is 16.9 Å². The van der Waals surface area contributed by atoms with Crippen LogP contribution >= 0.6 is 0 Å². The number of hydrogen-bond acceptors (Lipinski definition) is 8. The van der Waals surface area contributed by atoms with Gasteiger partial charge in [0.25, 0.3) is 0 Å². The first-order chi connectivity index (χ1) is 36.1. The minimum atomic E-state index is -1.37. The van der Waals surface area contributed by atoms with Crippen LogP contribution in [0.3, 0.4) is 0 Å². The zero-order chi connectivity index (χ0) is 53.2. The predicted octanol–water partition coefficient (Wildman–Crippen LogP) is 3.64. The fraction of sp³-hybridized carbons (Fsp3) is 0.291. The van der Waals surface area contributed by atoms with Crippen LogP contribution in [-0.4, -0.2) is 109 Å². The molecule has 0 fully saturated rings. The van der Waals surface area contributed by atoms with Crippen molar-refractivity contribution in [2.24, 2.45) is 17.4 Å². The number of aliphatic carboxylic acids is 1. The maximum Gasteiger partial charge on any atom is 0.326 e. The van der Waals surface area contributed by atoms with Crippen molar-refractivity contribution in [2.75, 3.05) is 6.54 Å². The van der Waals surface area contributed by atoms with Gasteiger partial charge in [-0.25, -0.2) is 4.79 Å². The van der Waals surface area contributed by atoms with Gasteiger partial charge in [0, 0.05) is 101 Å². The Labute approximate surface area is 431 Å². The molecule has 5 amide bonds. The topological polar surface area (TPSA) is 334 Å². The second kappa shape index (κ2) is 23.8. The first-order valence-corrected chi connectivity index (χ1v) is 24.9. The summed E-state index contributed by atoms with van der Waals surface area (Å²) in [6.45, 7) is 3.63. The zero-order valence-corrected chi connectivity index (χ0v) is 41.6. The summed E-state index contributed by atoms with van der Waals surface area (Å²) in [6.07, 6.45) is 7.42. The number of carbonyl (C=O) groups is 6. The Morgan fingerprint density at radius 3 is 1.12 bits per heavy atom. The predicted molar refractivity (Wildman–Crippen MR) is 287 cm³/mol. The first-order valence-electron chi connectivity index (χ1n) is 24.9. The van der Waals surface area contributed by atoms with Gasteiger partial charge >= 0.3 is 5.97 Å². The van der Waals surface area contributed by atoms with E-state index < -0.39 is 77.7 Å². The number of aromatic nitrogens is 4. The fourth-order valence-electron chi connectivity index (χ4n) is 9.46. The van der Waals surface area contributed by atoms with Crippen molar-refractivity contribution in [3.8, 4) is 0 Å². The van der Waals surface area contributed by atoms with Gasteiger partial charge in [-0.05, 0) is 65.3 Å². The molecule has 4 aromatic carbocycles. The quantitative estimate of drug-likeness (QED) is 0.0237. The van der Waals surface area contributed by atoms with Crippen LogP contribution in [0.15, 0.2) is 122 Å².